The fraction of sp³-hybridized carbons (Fsp3) is 0.750. The van der Waals surface area contributed by atoms with Crippen LogP contribution in [0.4, 0.5) is 0 Å². The molecule has 2 N–H and O–H groups in total. The highest BCUT2D eigenvalue weighted by Crippen LogP contribution is 2.29. The Morgan fingerprint density at radius 2 is 2.25 bits per heavy atom. The Labute approximate surface area is 71.6 Å². The first-order valence-corrected chi connectivity index (χ1v) is 4.00. The minimum absolute atomic E-state index is 0.178. The highest BCUT2D eigenvalue weighted by atomic mass is 16.5. The van der Waals surface area contributed by atoms with Crippen LogP contribution in [0.3, 0.4) is 0 Å². The SMILES string of the molecule is CC1CC(C(N)=O)=[N+]([O-])C1(C)C. The van der Waals surface area contributed by atoms with Crippen LogP contribution in [0.2, 0.25) is 0 Å². The van der Waals surface area contributed by atoms with Crippen LogP contribution in [0, 0.1) is 11.1 Å². The third-order valence-electron chi connectivity index (χ3n) is 2.76. The van der Waals surface area contributed by atoms with Gasteiger partial charge in [0, 0.05) is 26.2 Å². The second kappa shape index (κ2) is 2.47. The van der Waals surface area contributed by atoms with Gasteiger partial charge in [-0.1, -0.05) is 6.92 Å². The van der Waals surface area contributed by atoms with E-state index in [1.165, 1.54) is 0 Å². The number of carbonyl (C=O) groups is 1. The molecule has 0 aromatic carbocycles. The lowest BCUT2D eigenvalue weighted by atomic mass is 9.90. The lowest BCUT2D eigenvalue weighted by Gasteiger charge is -2.22. The molecule has 0 bridgehead atoms. The Hall–Kier alpha value is -1.06. The first-order chi connectivity index (χ1) is 5.37. The molecule has 0 radical (unpaired) electrons. The third-order valence-corrected chi connectivity index (χ3v) is 2.76. The van der Waals surface area contributed by atoms with Gasteiger partial charge in [0.1, 0.15) is 0 Å². The van der Waals surface area contributed by atoms with Crippen LogP contribution in [0.1, 0.15) is 27.2 Å². The quantitative estimate of drug-likeness (QED) is 0.452. The summed E-state index contributed by atoms with van der Waals surface area (Å²) in [4.78, 5) is 10.8. The van der Waals surface area contributed by atoms with Crippen LogP contribution < -0.4 is 5.73 Å². The van der Waals surface area contributed by atoms with Gasteiger partial charge in [-0.15, -0.1) is 0 Å². The summed E-state index contributed by atoms with van der Waals surface area (Å²) >= 11 is 0. The molecule has 4 nitrogen and oxygen atoms in total. The highest BCUT2D eigenvalue weighted by molar-refractivity contribution is 6.36. The molecule has 0 aromatic rings. The zero-order chi connectivity index (χ0) is 9.52. The molecule has 0 saturated heterocycles. The maximum absolute atomic E-state index is 11.5. The van der Waals surface area contributed by atoms with Crippen LogP contribution in [0.25, 0.3) is 0 Å². The second-order valence-corrected chi connectivity index (χ2v) is 3.86. The molecule has 68 valence electrons. The van der Waals surface area contributed by atoms with E-state index < -0.39 is 11.4 Å². The van der Waals surface area contributed by atoms with Gasteiger partial charge in [-0.05, 0) is 0 Å². The van der Waals surface area contributed by atoms with Gasteiger partial charge in [-0.2, -0.15) is 4.74 Å². The summed E-state index contributed by atoms with van der Waals surface area (Å²) in [7, 11) is 0. The predicted octanol–water partition coefficient (Wildman–Crippen LogP) is 0.241. The lowest BCUT2D eigenvalue weighted by Crippen LogP contribution is -2.36. The largest absolute Gasteiger partial charge is 0.623 e. The smallest absolute Gasteiger partial charge is 0.309 e. The van der Waals surface area contributed by atoms with E-state index in [2.05, 4.69) is 0 Å². The van der Waals surface area contributed by atoms with Gasteiger partial charge in [0.2, 0.25) is 0 Å². The van der Waals surface area contributed by atoms with Crippen LogP contribution in [0.5, 0.6) is 0 Å². The number of carbonyl (C=O) groups excluding carboxylic acids is 1. The standard InChI is InChI=1S/C8H14N2O2/c1-5-4-6(7(9)11)10(12)8(5,2)3/h5H,4H2,1-3H3,(H2,9,11). The van der Waals surface area contributed by atoms with E-state index in [0.29, 0.717) is 6.42 Å². The molecule has 0 spiro atoms. The molecule has 1 heterocycles. The Bertz CT molecular complexity index is 256. The molecular formula is C8H14N2O2. The van der Waals surface area contributed by atoms with Gasteiger partial charge >= 0.3 is 5.91 Å². The van der Waals surface area contributed by atoms with E-state index in [-0.39, 0.29) is 11.6 Å². The van der Waals surface area contributed by atoms with Crippen molar-refractivity contribution in [2.24, 2.45) is 11.7 Å². The first kappa shape index (κ1) is 9.03. The van der Waals surface area contributed by atoms with E-state index in [1.807, 2.05) is 20.8 Å². The second-order valence-electron chi connectivity index (χ2n) is 3.86. The molecule has 1 rings (SSSR count). The molecule has 1 atom stereocenters. The van der Waals surface area contributed by atoms with Crippen molar-refractivity contribution in [1.29, 1.82) is 0 Å². The van der Waals surface area contributed by atoms with E-state index in [0.717, 1.165) is 4.74 Å². The van der Waals surface area contributed by atoms with E-state index in [9.17, 15) is 10.0 Å². The normalized spacial score (nSPS) is 27.8. The van der Waals surface area contributed by atoms with E-state index >= 15 is 0 Å². The molecule has 1 aliphatic heterocycles. The van der Waals surface area contributed by atoms with Gasteiger partial charge < -0.3 is 10.9 Å². The summed E-state index contributed by atoms with van der Waals surface area (Å²) in [6.45, 7) is 5.59. The fourth-order valence-corrected chi connectivity index (χ4v) is 1.37. The lowest BCUT2D eigenvalue weighted by molar-refractivity contribution is -0.537. The number of primary amides is 1. The maximum atomic E-state index is 11.5. The van der Waals surface area contributed by atoms with Crippen molar-refractivity contribution < 1.29 is 9.53 Å². The molecule has 0 saturated carbocycles. The molecule has 1 unspecified atom stereocenters. The van der Waals surface area contributed by atoms with Gasteiger partial charge in [-0.25, -0.2) is 0 Å². The van der Waals surface area contributed by atoms with Crippen molar-refractivity contribution in [1.82, 2.24) is 0 Å². The Morgan fingerprint density at radius 1 is 1.75 bits per heavy atom. The topological polar surface area (TPSA) is 69.2 Å². The number of hydrogen-bond donors (Lipinski definition) is 1. The number of nitrogens with zero attached hydrogens (tertiary/aromatic N) is 1. The number of amides is 1. The molecular weight excluding hydrogens is 156 g/mol. The van der Waals surface area contributed by atoms with Crippen molar-refractivity contribution in [3.63, 3.8) is 0 Å². The summed E-state index contributed by atoms with van der Waals surface area (Å²) in [6, 6.07) is 0. The van der Waals surface area contributed by atoms with Crippen molar-refractivity contribution in [3.8, 4) is 0 Å². The van der Waals surface area contributed by atoms with Crippen LogP contribution in [0.15, 0.2) is 0 Å². The average Bonchev–Trinajstić information content (AvgIpc) is 2.13. The first-order valence-electron chi connectivity index (χ1n) is 4.00. The summed E-state index contributed by atoms with van der Waals surface area (Å²) < 4.78 is 0.750. The highest BCUT2D eigenvalue weighted by Gasteiger charge is 2.45. The molecule has 1 aliphatic rings. The molecule has 4 heteroatoms. The van der Waals surface area contributed by atoms with Gasteiger partial charge in [-0.3, -0.25) is 4.79 Å². The third kappa shape index (κ3) is 1.07. The molecule has 12 heavy (non-hydrogen) atoms. The Balaban J connectivity index is 3.06. The van der Waals surface area contributed by atoms with Gasteiger partial charge in [0.05, 0.1) is 0 Å². The van der Waals surface area contributed by atoms with Crippen molar-refractivity contribution >= 4 is 11.6 Å². The molecule has 0 aromatic heterocycles. The van der Waals surface area contributed by atoms with E-state index in [1.54, 1.807) is 0 Å². The minimum atomic E-state index is -0.595. The summed E-state index contributed by atoms with van der Waals surface area (Å²) in [5, 5.41) is 11.5. The van der Waals surface area contributed by atoms with Crippen LogP contribution in [-0.4, -0.2) is 21.9 Å². The summed E-state index contributed by atoms with van der Waals surface area (Å²) in [6.07, 6.45) is 0.492. The van der Waals surface area contributed by atoms with Crippen molar-refractivity contribution in [3.05, 3.63) is 5.21 Å². The van der Waals surface area contributed by atoms with Crippen molar-refractivity contribution in [2.75, 3.05) is 0 Å². The molecule has 1 amide bonds. The minimum Gasteiger partial charge on any atom is -0.623 e. The van der Waals surface area contributed by atoms with E-state index in [4.69, 9.17) is 5.73 Å². The fourth-order valence-electron chi connectivity index (χ4n) is 1.37. The number of rotatable bonds is 1. The number of hydrogen-bond acceptors (Lipinski definition) is 2. The Morgan fingerprint density at radius 3 is 2.42 bits per heavy atom. The zero-order valence-electron chi connectivity index (χ0n) is 7.63. The molecule has 0 fully saturated rings. The number of hydroxylamine groups is 1. The monoisotopic (exact) mass is 170 g/mol. The van der Waals surface area contributed by atoms with Crippen LogP contribution in [-0.2, 0) is 4.79 Å². The van der Waals surface area contributed by atoms with Crippen LogP contribution >= 0.6 is 0 Å². The predicted molar refractivity (Wildman–Crippen MR) is 45.7 cm³/mol. The van der Waals surface area contributed by atoms with Crippen molar-refractivity contribution in [2.45, 2.75) is 32.7 Å². The number of nitrogens with two attached hydrogens (primary N) is 1. The summed E-state index contributed by atoms with van der Waals surface area (Å²) in [5.41, 5.74) is 4.76. The maximum Gasteiger partial charge on any atom is 0.309 e. The Kier molecular flexibility index (Phi) is 1.86. The average molecular weight is 170 g/mol. The zero-order valence-corrected chi connectivity index (χ0v) is 7.63. The summed E-state index contributed by atoms with van der Waals surface area (Å²) in [5.74, 6) is -0.417. The van der Waals surface area contributed by atoms with Gasteiger partial charge in [0.15, 0.2) is 5.54 Å². The molecule has 0 aliphatic carbocycles. The van der Waals surface area contributed by atoms with Gasteiger partial charge in [0.25, 0.3) is 5.71 Å².